The van der Waals surface area contributed by atoms with Gasteiger partial charge >= 0.3 is 0 Å². The number of carbonyl (C=O) groups is 2. The largest absolute Gasteiger partial charge is 0.490 e. The van der Waals surface area contributed by atoms with Gasteiger partial charge < -0.3 is 19.7 Å². The molecule has 2 aromatic rings. The molecule has 1 atom stereocenters. The molecule has 1 saturated heterocycles. The molecule has 0 saturated carbocycles. The second-order valence-corrected chi connectivity index (χ2v) is 8.25. The molecule has 7 heteroatoms. The fraction of sp³-hybridized carbons (Fsp3) is 0.440. The third-order valence-electron chi connectivity index (χ3n) is 5.53. The maximum absolute atomic E-state index is 12.9. The molecule has 6 nitrogen and oxygen atoms in total. The molecule has 0 radical (unpaired) electrons. The van der Waals surface area contributed by atoms with Crippen molar-refractivity contribution in [1.82, 2.24) is 10.2 Å². The van der Waals surface area contributed by atoms with Gasteiger partial charge in [0.15, 0.2) is 18.1 Å². The third-order valence-corrected chi connectivity index (χ3v) is 5.77. The standard InChI is InChI=1S/C25H31ClN2O4/c1-3-21(18-9-8-10-20(26)15-18)27-25(30)19-11-12-22(23(16-19)31-4-2)32-17-24(29)28-13-6-5-7-14-28/h8-12,15-16,21H,3-7,13-14,17H2,1-2H3,(H,27,30). The minimum Gasteiger partial charge on any atom is -0.490 e. The van der Waals surface area contributed by atoms with Gasteiger partial charge in [0.2, 0.25) is 0 Å². The number of amides is 2. The first-order chi connectivity index (χ1) is 15.5. The van der Waals surface area contributed by atoms with Gasteiger partial charge in [0.05, 0.1) is 12.6 Å². The van der Waals surface area contributed by atoms with Gasteiger partial charge in [-0.1, -0.05) is 30.7 Å². The number of hydrogen-bond donors (Lipinski definition) is 1. The predicted molar refractivity (Wildman–Crippen MR) is 125 cm³/mol. The summed E-state index contributed by atoms with van der Waals surface area (Å²) < 4.78 is 11.5. The van der Waals surface area contributed by atoms with Crippen molar-refractivity contribution in [2.75, 3.05) is 26.3 Å². The van der Waals surface area contributed by atoms with Gasteiger partial charge in [-0.2, -0.15) is 0 Å². The number of benzene rings is 2. The minimum atomic E-state index is -0.214. The molecule has 1 heterocycles. The highest BCUT2D eigenvalue weighted by atomic mass is 35.5. The average molecular weight is 459 g/mol. The van der Waals surface area contributed by atoms with Gasteiger partial charge in [0.25, 0.3) is 11.8 Å². The number of piperidine rings is 1. The van der Waals surface area contributed by atoms with E-state index in [0.717, 1.165) is 37.9 Å². The summed E-state index contributed by atoms with van der Waals surface area (Å²) in [5, 5.41) is 3.69. The van der Waals surface area contributed by atoms with Crippen molar-refractivity contribution in [1.29, 1.82) is 0 Å². The average Bonchev–Trinajstić information content (AvgIpc) is 2.82. The Morgan fingerprint density at radius 2 is 1.81 bits per heavy atom. The van der Waals surface area contributed by atoms with Crippen LogP contribution in [0.15, 0.2) is 42.5 Å². The number of nitrogens with zero attached hydrogens (tertiary/aromatic N) is 1. The normalized spacial score (nSPS) is 14.5. The van der Waals surface area contributed by atoms with E-state index in [0.29, 0.717) is 28.7 Å². The van der Waals surface area contributed by atoms with Crippen LogP contribution in [-0.4, -0.2) is 43.0 Å². The van der Waals surface area contributed by atoms with E-state index in [1.807, 2.05) is 43.0 Å². The van der Waals surface area contributed by atoms with Crippen molar-refractivity contribution in [2.45, 2.75) is 45.6 Å². The Kier molecular flexibility index (Phi) is 8.80. The molecule has 0 aliphatic carbocycles. The molecule has 1 unspecified atom stereocenters. The smallest absolute Gasteiger partial charge is 0.260 e. The first-order valence-corrected chi connectivity index (χ1v) is 11.6. The summed E-state index contributed by atoms with van der Waals surface area (Å²) in [7, 11) is 0. The highest BCUT2D eigenvalue weighted by Gasteiger charge is 2.19. The quantitative estimate of drug-likeness (QED) is 0.573. The number of rotatable bonds is 9. The van der Waals surface area contributed by atoms with E-state index in [4.69, 9.17) is 21.1 Å². The van der Waals surface area contributed by atoms with Crippen LogP contribution in [0.25, 0.3) is 0 Å². The fourth-order valence-electron chi connectivity index (χ4n) is 3.80. The molecule has 1 aliphatic heterocycles. The van der Waals surface area contributed by atoms with Crippen molar-refractivity contribution in [3.63, 3.8) is 0 Å². The summed E-state index contributed by atoms with van der Waals surface area (Å²) in [6, 6.07) is 12.4. The molecular weight excluding hydrogens is 428 g/mol. The first kappa shape index (κ1) is 23.9. The summed E-state index contributed by atoms with van der Waals surface area (Å²) in [4.78, 5) is 27.2. The van der Waals surface area contributed by atoms with Crippen LogP contribution in [0.5, 0.6) is 11.5 Å². The van der Waals surface area contributed by atoms with Gasteiger partial charge in [-0.3, -0.25) is 9.59 Å². The molecule has 3 rings (SSSR count). The summed E-state index contributed by atoms with van der Waals surface area (Å²) in [5.41, 5.74) is 1.41. The molecule has 32 heavy (non-hydrogen) atoms. The second kappa shape index (κ2) is 11.8. The minimum absolute atomic E-state index is 0.0266. The zero-order valence-electron chi connectivity index (χ0n) is 18.7. The van der Waals surface area contributed by atoms with Gasteiger partial charge in [-0.15, -0.1) is 0 Å². The summed E-state index contributed by atoms with van der Waals surface area (Å²) >= 11 is 6.10. The van der Waals surface area contributed by atoms with Crippen LogP contribution in [-0.2, 0) is 4.79 Å². The van der Waals surface area contributed by atoms with E-state index < -0.39 is 0 Å². The van der Waals surface area contributed by atoms with Crippen molar-refractivity contribution >= 4 is 23.4 Å². The van der Waals surface area contributed by atoms with E-state index in [9.17, 15) is 9.59 Å². The topological polar surface area (TPSA) is 67.9 Å². The first-order valence-electron chi connectivity index (χ1n) is 11.3. The van der Waals surface area contributed by atoms with Crippen LogP contribution in [0, 0.1) is 0 Å². The van der Waals surface area contributed by atoms with E-state index in [1.165, 1.54) is 6.42 Å². The molecular formula is C25H31ClN2O4. The maximum atomic E-state index is 12.9. The highest BCUT2D eigenvalue weighted by molar-refractivity contribution is 6.30. The molecule has 0 aromatic heterocycles. The Labute approximate surface area is 194 Å². The van der Waals surface area contributed by atoms with Crippen LogP contribution in [0.3, 0.4) is 0 Å². The van der Waals surface area contributed by atoms with Gasteiger partial charge in [0, 0.05) is 23.7 Å². The molecule has 2 aromatic carbocycles. The fourth-order valence-corrected chi connectivity index (χ4v) is 4.00. The molecule has 1 aliphatic rings. The number of hydrogen-bond acceptors (Lipinski definition) is 4. The van der Waals surface area contributed by atoms with Crippen molar-refractivity contribution in [3.8, 4) is 11.5 Å². The van der Waals surface area contributed by atoms with Crippen LogP contribution < -0.4 is 14.8 Å². The number of halogens is 1. The Balaban J connectivity index is 1.68. The third kappa shape index (κ3) is 6.39. The zero-order valence-corrected chi connectivity index (χ0v) is 19.5. The lowest BCUT2D eigenvalue weighted by atomic mass is 10.0. The predicted octanol–water partition coefficient (Wildman–Crippen LogP) is 5.01. The highest BCUT2D eigenvalue weighted by Crippen LogP contribution is 2.29. The number of ether oxygens (including phenoxy) is 2. The molecule has 0 bridgehead atoms. The van der Waals surface area contributed by atoms with Gasteiger partial charge in [-0.25, -0.2) is 0 Å². The Morgan fingerprint density at radius 1 is 1.03 bits per heavy atom. The van der Waals surface area contributed by atoms with Crippen LogP contribution in [0.1, 0.15) is 61.5 Å². The van der Waals surface area contributed by atoms with Gasteiger partial charge in [0.1, 0.15) is 0 Å². The Hall–Kier alpha value is -2.73. The molecule has 1 N–H and O–H groups in total. The Morgan fingerprint density at radius 3 is 2.50 bits per heavy atom. The van der Waals surface area contributed by atoms with Crippen molar-refractivity contribution in [3.05, 3.63) is 58.6 Å². The van der Waals surface area contributed by atoms with Crippen LogP contribution in [0.4, 0.5) is 0 Å². The van der Waals surface area contributed by atoms with E-state index in [1.54, 1.807) is 18.2 Å². The van der Waals surface area contributed by atoms with E-state index in [-0.39, 0.29) is 24.5 Å². The lowest BCUT2D eigenvalue weighted by Gasteiger charge is -2.26. The SMILES string of the molecule is CCOc1cc(C(=O)NC(CC)c2cccc(Cl)c2)ccc1OCC(=O)N1CCCCC1. The number of carbonyl (C=O) groups excluding carboxylic acids is 2. The van der Waals surface area contributed by atoms with Crippen molar-refractivity contribution < 1.29 is 19.1 Å². The lowest BCUT2D eigenvalue weighted by molar-refractivity contribution is -0.134. The van der Waals surface area contributed by atoms with Crippen LogP contribution in [0.2, 0.25) is 5.02 Å². The maximum Gasteiger partial charge on any atom is 0.260 e. The molecule has 2 amide bonds. The summed E-state index contributed by atoms with van der Waals surface area (Å²) in [5.74, 6) is 0.660. The molecule has 172 valence electrons. The summed E-state index contributed by atoms with van der Waals surface area (Å²) in [6.07, 6.45) is 3.96. The van der Waals surface area contributed by atoms with E-state index in [2.05, 4.69) is 5.32 Å². The Bertz CT molecular complexity index is 928. The lowest BCUT2D eigenvalue weighted by Crippen LogP contribution is -2.38. The summed E-state index contributed by atoms with van der Waals surface area (Å²) in [6.45, 7) is 5.81. The number of likely N-dealkylation sites (tertiary alicyclic amines) is 1. The van der Waals surface area contributed by atoms with Crippen molar-refractivity contribution in [2.24, 2.45) is 0 Å². The number of nitrogens with one attached hydrogen (secondary N) is 1. The van der Waals surface area contributed by atoms with E-state index >= 15 is 0 Å². The monoisotopic (exact) mass is 458 g/mol. The molecule has 1 fully saturated rings. The van der Waals surface area contributed by atoms with Gasteiger partial charge in [-0.05, 0) is 68.5 Å². The second-order valence-electron chi connectivity index (χ2n) is 7.81. The molecule has 0 spiro atoms. The zero-order chi connectivity index (χ0) is 22.9. The van der Waals surface area contributed by atoms with Crippen LogP contribution >= 0.6 is 11.6 Å².